The summed E-state index contributed by atoms with van der Waals surface area (Å²) >= 11 is 0. The molecule has 0 atom stereocenters. The van der Waals surface area contributed by atoms with Crippen LogP contribution in [0.25, 0.3) is 0 Å². The summed E-state index contributed by atoms with van der Waals surface area (Å²) in [6.45, 7) is 1.13. The molecule has 0 bridgehead atoms. The third kappa shape index (κ3) is 5.31. The van der Waals surface area contributed by atoms with E-state index in [1.54, 1.807) is 32.1 Å². The Morgan fingerprint density at radius 3 is 2.35 bits per heavy atom. The standard InChI is InChI=1S/C20H25FN4O/c1-22-20(25(4)14-16-6-5-7-18(21)12-16)23-13-15-8-10-17(11-9-15)19(26)24(2)3/h5-12H,13-14H2,1-4H3,(H,22,23). The Morgan fingerprint density at radius 2 is 1.77 bits per heavy atom. The van der Waals surface area contributed by atoms with Gasteiger partial charge >= 0.3 is 0 Å². The first kappa shape index (κ1) is 19.4. The first-order valence-electron chi connectivity index (χ1n) is 8.37. The Morgan fingerprint density at radius 1 is 1.08 bits per heavy atom. The van der Waals surface area contributed by atoms with E-state index < -0.39 is 0 Å². The highest BCUT2D eigenvalue weighted by atomic mass is 19.1. The monoisotopic (exact) mass is 356 g/mol. The maximum atomic E-state index is 13.3. The maximum Gasteiger partial charge on any atom is 0.253 e. The number of guanidine groups is 1. The van der Waals surface area contributed by atoms with E-state index >= 15 is 0 Å². The molecule has 0 aromatic heterocycles. The smallest absolute Gasteiger partial charge is 0.253 e. The molecule has 5 nitrogen and oxygen atoms in total. The first-order valence-corrected chi connectivity index (χ1v) is 8.37. The molecule has 1 amide bonds. The number of nitrogens with one attached hydrogen (secondary N) is 1. The second-order valence-corrected chi connectivity index (χ2v) is 6.28. The molecule has 0 heterocycles. The molecule has 0 aliphatic carbocycles. The predicted molar refractivity (Wildman–Crippen MR) is 103 cm³/mol. The molecule has 0 saturated carbocycles. The molecule has 0 aliphatic rings. The summed E-state index contributed by atoms with van der Waals surface area (Å²) < 4.78 is 13.3. The average molecular weight is 356 g/mol. The van der Waals surface area contributed by atoms with Crippen LogP contribution in [0.1, 0.15) is 21.5 Å². The zero-order valence-electron chi connectivity index (χ0n) is 15.7. The van der Waals surface area contributed by atoms with Crippen molar-refractivity contribution in [2.24, 2.45) is 4.99 Å². The summed E-state index contributed by atoms with van der Waals surface area (Å²) in [4.78, 5) is 19.7. The predicted octanol–water partition coefficient (Wildman–Crippen LogP) is 2.73. The van der Waals surface area contributed by atoms with Gasteiger partial charge in [-0.05, 0) is 35.4 Å². The van der Waals surface area contributed by atoms with Crippen LogP contribution in [0.4, 0.5) is 4.39 Å². The van der Waals surface area contributed by atoms with Gasteiger partial charge in [0.2, 0.25) is 0 Å². The van der Waals surface area contributed by atoms with Crippen molar-refractivity contribution in [2.75, 3.05) is 28.2 Å². The molecule has 2 rings (SSSR count). The van der Waals surface area contributed by atoms with Crippen molar-refractivity contribution in [1.82, 2.24) is 15.1 Å². The second kappa shape index (κ2) is 8.99. The number of amides is 1. The van der Waals surface area contributed by atoms with E-state index in [0.29, 0.717) is 24.6 Å². The van der Waals surface area contributed by atoms with Crippen molar-refractivity contribution in [3.8, 4) is 0 Å². The summed E-state index contributed by atoms with van der Waals surface area (Å²) in [5.41, 5.74) is 2.58. The van der Waals surface area contributed by atoms with E-state index in [1.807, 2.05) is 42.3 Å². The van der Waals surface area contributed by atoms with Gasteiger partial charge in [-0.2, -0.15) is 0 Å². The van der Waals surface area contributed by atoms with Gasteiger partial charge in [-0.25, -0.2) is 4.39 Å². The van der Waals surface area contributed by atoms with Crippen LogP contribution in [-0.4, -0.2) is 49.9 Å². The maximum absolute atomic E-state index is 13.3. The molecule has 26 heavy (non-hydrogen) atoms. The molecular weight excluding hydrogens is 331 g/mol. The van der Waals surface area contributed by atoms with E-state index in [1.165, 1.54) is 12.1 Å². The minimum Gasteiger partial charge on any atom is -0.352 e. The lowest BCUT2D eigenvalue weighted by molar-refractivity contribution is 0.0827. The van der Waals surface area contributed by atoms with Gasteiger partial charge < -0.3 is 15.1 Å². The van der Waals surface area contributed by atoms with Crippen LogP contribution >= 0.6 is 0 Å². The fourth-order valence-electron chi connectivity index (χ4n) is 2.57. The molecule has 2 aromatic rings. The lowest BCUT2D eigenvalue weighted by Gasteiger charge is -2.22. The van der Waals surface area contributed by atoms with Gasteiger partial charge in [0.15, 0.2) is 5.96 Å². The topological polar surface area (TPSA) is 47.9 Å². The Hall–Kier alpha value is -2.89. The van der Waals surface area contributed by atoms with Crippen molar-refractivity contribution in [3.63, 3.8) is 0 Å². The van der Waals surface area contributed by atoms with Crippen molar-refractivity contribution in [1.29, 1.82) is 0 Å². The van der Waals surface area contributed by atoms with E-state index in [4.69, 9.17) is 0 Å². The van der Waals surface area contributed by atoms with Gasteiger partial charge in [0.25, 0.3) is 5.91 Å². The number of aliphatic imine (C=N–C) groups is 1. The van der Waals surface area contributed by atoms with Crippen LogP contribution in [-0.2, 0) is 13.1 Å². The van der Waals surface area contributed by atoms with Crippen LogP contribution in [0.2, 0.25) is 0 Å². The lowest BCUT2D eigenvalue weighted by Crippen LogP contribution is -2.38. The van der Waals surface area contributed by atoms with E-state index in [2.05, 4.69) is 10.3 Å². The number of carbonyl (C=O) groups is 1. The molecule has 6 heteroatoms. The summed E-state index contributed by atoms with van der Waals surface area (Å²) in [6, 6.07) is 14.0. The van der Waals surface area contributed by atoms with Crippen LogP contribution in [0.3, 0.4) is 0 Å². The molecule has 0 saturated heterocycles. The van der Waals surface area contributed by atoms with E-state index in [-0.39, 0.29) is 11.7 Å². The van der Waals surface area contributed by atoms with Gasteiger partial charge in [0.05, 0.1) is 0 Å². The highest BCUT2D eigenvalue weighted by Gasteiger charge is 2.09. The fourth-order valence-corrected chi connectivity index (χ4v) is 2.57. The first-order chi connectivity index (χ1) is 12.4. The van der Waals surface area contributed by atoms with Crippen LogP contribution < -0.4 is 5.32 Å². The van der Waals surface area contributed by atoms with Crippen molar-refractivity contribution < 1.29 is 9.18 Å². The number of rotatable bonds is 5. The molecule has 0 fully saturated rings. The number of nitrogens with zero attached hydrogens (tertiary/aromatic N) is 3. The third-order valence-electron chi connectivity index (χ3n) is 3.94. The van der Waals surface area contributed by atoms with Gasteiger partial charge in [0.1, 0.15) is 5.82 Å². The van der Waals surface area contributed by atoms with E-state index in [9.17, 15) is 9.18 Å². The molecule has 0 radical (unpaired) electrons. The second-order valence-electron chi connectivity index (χ2n) is 6.28. The van der Waals surface area contributed by atoms with Gasteiger partial charge in [-0.3, -0.25) is 9.79 Å². The largest absolute Gasteiger partial charge is 0.352 e. The molecule has 1 N–H and O–H groups in total. The summed E-state index contributed by atoms with van der Waals surface area (Å²) in [6.07, 6.45) is 0. The molecule has 0 unspecified atom stereocenters. The number of benzene rings is 2. The van der Waals surface area contributed by atoms with Crippen molar-refractivity contribution in [3.05, 3.63) is 71.0 Å². The van der Waals surface area contributed by atoms with Crippen LogP contribution in [0.5, 0.6) is 0 Å². The third-order valence-corrected chi connectivity index (χ3v) is 3.94. The van der Waals surface area contributed by atoms with Gasteiger partial charge in [0, 0.05) is 46.8 Å². The number of halogens is 1. The fraction of sp³-hybridized carbons (Fsp3) is 0.300. The minimum atomic E-state index is -0.244. The lowest BCUT2D eigenvalue weighted by atomic mass is 10.1. The summed E-state index contributed by atoms with van der Waals surface area (Å²) in [5.74, 6) is 0.448. The summed E-state index contributed by atoms with van der Waals surface area (Å²) in [7, 11) is 7.08. The molecule has 2 aromatic carbocycles. The Balaban J connectivity index is 1.95. The Labute approximate surface area is 154 Å². The summed E-state index contributed by atoms with van der Waals surface area (Å²) in [5, 5.41) is 3.28. The Bertz CT molecular complexity index is 772. The zero-order chi connectivity index (χ0) is 19.1. The molecule has 0 aliphatic heterocycles. The highest BCUT2D eigenvalue weighted by Crippen LogP contribution is 2.08. The quantitative estimate of drug-likeness (QED) is 0.662. The van der Waals surface area contributed by atoms with Crippen LogP contribution in [0, 0.1) is 5.82 Å². The van der Waals surface area contributed by atoms with Crippen LogP contribution in [0.15, 0.2) is 53.5 Å². The number of hydrogen-bond donors (Lipinski definition) is 1. The van der Waals surface area contributed by atoms with Crippen molar-refractivity contribution in [2.45, 2.75) is 13.1 Å². The minimum absolute atomic E-state index is 0.0184. The molecular formula is C20H25FN4O. The van der Waals surface area contributed by atoms with Gasteiger partial charge in [-0.1, -0.05) is 24.3 Å². The average Bonchev–Trinajstić information content (AvgIpc) is 2.62. The van der Waals surface area contributed by atoms with E-state index in [0.717, 1.165) is 11.1 Å². The molecule has 0 spiro atoms. The number of hydrogen-bond acceptors (Lipinski definition) is 2. The van der Waals surface area contributed by atoms with Gasteiger partial charge in [-0.15, -0.1) is 0 Å². The normalized spacial score (nSPS) is 11.2. The number of carbonyl (C=O) groups excluding carboxylic acids is 1. The Kier molecular flexibility index (Phi) is 6.72. The highest BCUT2D eigenvalue weighted by molar-refractivity contribution is 5.93. The SMILES string of the molecule is CN=C(NCc1ccc(C(=O)N(C)C)cc1)N(C)Cc1cccc(F)c1. The van der Waals surface area contributed by atoms with Crippen molar-refractivity contribution >= 4 is 11.9 Å². The molecule has 138 valence electrons. The zero-order valence-corrected chi connectivity index (χ0v) is 15.7.